The number of ether oxygens (including phenoxy) is 1. The van der Waals surface area contributed by atoms with E-state index in [1.807, 2.05) is 13.8 Å². The maximum absolute atomic E-state index is 11.9. The first-order chi connectivity index (χ1) is 6.99. The van der Waals surface area contributed by atoms with Crippen LogP contribution in [-0.2, 0) is 9.53 Å². The van der Waals surface area contributed by atoms with E-state index in [0.29, 0.717) is 12.2 Å². The largest absolute Gasteiger partial charge is 0.447 e. The summed E-state index contributed by atoms with van der Waals surface area (Å²) in [6, 6.07) is -0.139. The second kappa shape index (κ2) is 4.47. The van der Waals surface area contributed by atoms with Crippen LogP contribution in [0.25, 0.3) is 0 Å². The molecule has 15 heavy (non-hydrogen) atoms. The Morgan fingerprint density at radius 1 is 1.60 bits per heavy atom. The minimum Gasteiger partial charge on any atom is -0.447 e. The Kier molecular flexibility index (Phi) is 3.50. The zero-order valence-electron chi connectivity index (χ0n) is 9.61. The Morgan fingerprint density at radius 2 is 2.20 bits per heavy atom. The number of hydrogen-bond acceptors (Lipinski definition) is 3. The minimum atomic E-state index is -0.528. The van der Waals surface area contributed by atoms with Crippen LogP contribution in [0.15, 0.2) is 11.6 Å². The van der Waals surface area contributed by atoms with E-state index in [1.54, 1.807) is 19.9 Å². The van der Waals surface area contributed by atoms with Crippen molar-refractivity contribution in [2.75, 3.05) is 6.61 Å². The van der Waals surface area contributed by atoms with Gasteiger partial charge in [0.15, 0.2) is 0 Å². The van der Waals surface area contributed by atoms with E-state index in [2.05, 4.69) is 0 Å². The van der Waals surface area contributed by atoms with Crippen molar-refractivity contribution in [1.82, 2.24) is 4.90 Å². The van der Waals surface area contributed by atoms with E-state index in [1.165, 1.54) is 4.90 Å². The van der Waals surface area contributed by atoms with Crippen LogP contribution in [0.2, 0.25) is 0 Å². The van der Waals surface area contributed by atoms with Crippen molar-refractivity contribution >= 4 is 12.0 Å². The van der Waals surface area contributed by atoms with Crippen molar-refractivity contribution in [2.24, 2.45) is 5.92 Å². The van der Waals surface area contributed by atoms with Crippen LogP contribution in [0.3, 0.4) is 0 Å². The maximum atomic E-state index is 11.9. The molecule has 1 aliphatic rings. The monoisotopic (exact) mass is 211 g/mol. The van der Waals surface area contributed by atoms with Crippen molar-refractivity contribution in [3.8, 4) is 0 Å². The van der Waals surface area contributed by atoms with Crippen molar-refractivity contribution in [2.45, 2.75) is 33.7 Å². The molecule has 4 heteroatoms. The number of carbonyl (C=O) groups excluding carboxylic acids is 2. The van der Waals surface area contributed by atoms with E-state index in [-0.39, 0.29) is 17.9 Å². The molecule has 84 valence electrons. The van der Waals surface area contributed by atoms with Crippen LogP contribution in [0, 0.1) is 5.92 Å². The van der Waals surface area contributed by atoms with Gasteiger partial charge < -0.3 is 4.74 Å². The van der Waals surface area contributed by atoms with Crippen molar-refractivity contribution < 1.29 is 14.3 Å². The fourth-order valence-electron chi connectivity index (χ4n) is 1.47. The summed E-state index contributed by atoms with van der Waals surface area (Å²) in [4.78, 5) is 24.5. The van der Waals surface area contributed by atoms with Crippen LogP contribution >= 0.6 is 0 Å². The van der Waals surface area contributed by atoms with E-state index in [4.69, 9.17) is 4.74 Å². The molecule has 1 fully saturated rings. The Labute approximate surface area is 89.9 Å². The van der Waals surface area contributed by atoms with Crippen LogP contribution in [0.1, 0.15) is 27.7 Å². The van der Waals surface area contributed by atoms with Crippen molar-refractivity contribution in [3.63, 3.8) is 0 Å². The van der Waals surface area contributed by atoms with E-state index in [9.17, 15) is 9.59 Å². The summed E-state index contributed by atoms with van der Waals surface area (Å²) < 4.78 is 4.89. The fraction of sp³-hybridized carbons (Fsp3) is 0.636. The summed E-state index contributed by atoms with van der Waals surface area (Å²) >= 11 is 0. The Bertz CT molecular complexity index is 307. The summed E-state index contributed by atoms with van der Waals surface area (Å²) in [5, 5.41) is 0. The van der Waals surface area contributed by atoms with E-state index < -0.39 is 6.09 Å². The van der Waals surface area contributed by atoms with Gasteiger partial charge in [-0.3, -0.25) is 4.79 Å². The number of imide groups is 1. The molecular weight excluding hydrogens is 194 g/mol. The molecule has 0 aromatic rings. The van der Waals surface area contributed by atoms with Crippen LogP contribution < -0.4 is 0 Å². The summed E-state index contributed by atoms with van der Waals surface area (Å²) in [6.45, 7) is 7.72. The molecule has 1 heterocycles. The van der Waals surface area contributed by atoms with Gasteiger partial charge in [0.1, 0.15) is 6.61 Å². The highest BCUT2D eigenvalue weighted by atomic mass is 16.6. The Morgan fingerprint density at radius 3 is 2.67 bits per heavy atom. The van der Waals surface area contributed by atoms with Gasteiger partial charge in [-0.15, -0.1) is 0 Å². The molecule has 0 aromatic heterocycles. The summed E-state index contributed by atoms with van der Waals surface area (Å²) in [5.74, 6) is -0.0382. The third kappa shape index (κ3) is 2.19. The highest BCUT2D eigenvalue weighted by Gasteiger charge is 2.39. The van der Waals surface area contributed by atoms with Gasteiger partial charge in [0.05, 0.1) is 6.04 Å². The second-order valence-corrected chi connectivity index (χ2v) is 4.04. The first-order valence-corrected chi connectivity index (χ1v) is 5.12. The van der Waals surface area contributed by atoms with Gasteiger partial charge in [-0.1, -0.05) is 19.9 Å². The van der Waals surface area contributed by atoms with Gasteiger partial charge in [0.25, 0.3) is 5.91 Å². The zero-order chi connectivity index (χ0) is 11.6. The SMILES string of the molecule is C/C=C(\C)C(=O)N1C(=O)OCC1C(C)C. The quantitative estimate of drug-likeness (QED) is 0.656. The van der Waals surface area contributed by atoms with Gasteiger partial charge in [-0.05, 0) is 19.8 Å². The fourth-order valence-corrected chi connectivity index (χ4v) is 1.47. The van der Waals surface area contributed by atoms with Gasteiger partial charge in [0, 0.05) is 5.57 Å². The molecule has 0 aromatic carbocycles. The van der Waals surface area contributed by atoms with Crippen LogP contribution in [0.4, 0.5) is 4.79 Å². The lowest BCUT2D eigenvalue weighted by molar-refractivity contribution is -0.125. The molecule has 0 aliphatic carbocycles. The molecular formula is C11H17NO3. The number of nitrogens with zero attached hydrogens (tertiary/aromatic N) is 1. The van der Waals surface area contributed by atoms with E-state index in [0.717, 1.165) is 0 Å². The summed E-state index contributed by atoms with van der Waals surface area (Å²) in [6.07, 6.45) is 1.17. The summed E-state index contributed by atoms with van der Waals surface area (Å²) in [7, 11) is 0. The Hall–Kier alpha value is -1.32. The standard InChI is InChI=1S/C11H17NO3/c1-5-8(4)10(13)12-9(7(2)3)6-15-11(12)14/h5,7,9H,6H2,1-4H3/b8-5+. The predicted octanol–water partition coefficient (Wildman–Crippen LogP) is 1.96. The highest BCUT2D eigenvalue weighted by Crippen LogP contribution is 2.21. The summed E-state index contributed by atoms with van der Waals surface area (Å²) in [5.41, 5.74) is 0.569. The topological polar surface area (TPSA) is 46.6 Å². The highest BCUT2D eigenvalue weighted by molar-refractivity contribution is 6.03. The Balaban J connectivity index is 2.90. The predicted molar refractivity (Wildman–Crippen MR) is 56.3 cm³/mol. The molecule has 0 bridgehead atoms. The molecule has 1 saturated heterocycles. The third-order valence-electron chi connectivity index (χ3n) is 2.66. The first kappa shape index (κ1) is 11.8. The lowest BCUT2D eigenvalue weighted by atomic mass is 10.0. The van der Waals surface area contributed by atoms with E-state index >= 15 is 0 Å². The van der Waals surface area contributed by atoms with Crippen LogP contribution in [-0.4, -0.2) is 29.5 Å². The number of amides is 2. The molecule has 4 nitrogen and oxygen atoms in total. The van der Waals surface area contributed by atoms with Gasteiger partial charge in [0.2, 0.25) is 0 Å². The van der Waals surface area contributed by atoms with Gasteiger partial charge in [-0.2, -0.15) is 0 Å². The molecule has 0 spiro atoms. The average molecular weight is 211 g/mol. The maximum Gasteiger partial charge on any atom is 0.417 e. The smallest absolute Gasteiger partial charge is 0.417 e. The lowest BCUT2D eigenvalue weighted by Crippen LogP contribution is -2.42. The average Bonchev–Trinajstić information content (AvgIpc) is 2.58. The van der Waals surface area contributed by atoms with Crippen molar-refractivity contribution in [1.29, 1.82) is 0 Å². The molecule has 2 amide bonds. The number of hydrogen-bond donors (Lipinski definition) is 0. The molecule has 1 atom stereocenters. The third-order valence-corrected chi connectivity index (χ3v) is 2.66. The molecule has 1 rings (SSSR count). The molecule has 1 unspecified atom stereocenters. The van der Waals surface area contributed by atoms with Gasteiger partial charge in [-0.25, -0.2) is 9.69 Å². The molecule has 0 saturated carbocycles. The van der Waals surface area contributed by atoms with Crippen LogP contribution in [0.5, 0.6) is 0 Å². The van der Waals surface area contributed by atoms with Gasteiger partial charge >= 0.3 is 6.09 Å². The molecule has 0 N–H and O–H groups in total. The number of carbonyl (C=O) groups is 2. The lowest BCUT2D eigenvalue weighted by Gasteiger charge is -2.22. The molecule has 1 aliphatic heterocycles. The minimum absolute atomic E-state index is 0.139. The second-order valence-electron chi connectivity index (χ2n) is 4.04. The normalized spacial score (nSPS) is 22.2. The molecule has 0 radical (unpaired) electrons. The zero-order valence-corrected chi connectivity index (χ0v) is 9.61. The number of rotatable bonds is 2. The first-order valence-electron chi connectivity index (χ1n) is 5.12. The van der Waals surface area contributed by atoms with Crippen molar-refractivity contribution in [3.05, 3.63) is 11.6 Å². The number of cyclic esters (lactones) is 1. The number of allylic oxidation sites excluding steroid dienone is 1.